The van der Waals surface area contributed by atoms with Crippen LogP contribution in [0.25, 0.3) is 0 Å². The molecule has 0 bridgehead atoms. The van der Waals surface area contributed by atoms with Gasteiger partial charge in [-0.1, -0.05) is 17.7 Å². The first kappa shape index (κ1) is 12.5. The van der Waals surface area contributed by atoms with Gasteiger partial charge in [-0.15, -0.1) is 0 Å². The van der Waals surface area contributed by atoms with Crippen LogP contribution in [0.5, 0.6) is 0 Å². The number of furan rings is 1. The van der Waals surface area contributed by atoms with Gasteiger partial charge < -0.3 is 15.1 Å². The maximum absolute atomic E-state index is 11.7. The van der Waals surface area contributed by atoms with Gasteiger partial charge in [0.15, 0.2) is 0 Å². The quantitative estimate of drug-likeness (QED) is 0.886. The van der Waals surface area contributed by atoms with Gasteiger partial charge in [-0.05, 0) is 37.3 Å². The van der Waals surface area contributed by atoms with Crippen LogP contribution in [0.4, 0.5) is 10.5 Å². The molecule has 5 heteroatoms. The van der Waals surface area contributed by atoms with E-state index in [4.69, 9.17) is 16.0 Å². The second-order valence-electron chi connectivity index (χ2n) is 3.85. The number of carbonyl (C=O) groups excluding carboxylic acids is 1. The van der Waals surface area contributed by atoms with Gasteiger partial charge in [0.1, 0.15) is 5.76 Å². The first-order valence-corrected chi connectivity index (χ1v) is 5.89. The minimum atomic E-state index is -0.304. The highest BCUT2D eigenvalue weighted by atomic mass is 35.5. The topological polar surface area (TPSA) is 54.3 Å². The van der Waals surface area contributed by atoms with E-state index in [-0.39, 0.29) is 12.1 Å². The molecule has 2 aromatic rings. The van der Waals surface area contributed by atoms with Crippen molar-refractivity contribution in [2.45, 2.75) is 13.0 Å². The lowest BCUT2D eigenvalue weighted by molar-refractivity contribution is 0.247. The van der Waals surface area contributed by atoms with Gasteiger partial charge in [-0.3, -0.25) is 0 Å². The predicted molar refractivity (Wildman–Crippen MR) is 70.7 cm³/mol. The molecule has 0 aliphatic rings. The molecule has 2 rings (SSSR count). The number of nitrogens with one attached hydrogen (secondary N) is 2. The molecule has 0 spiro atoms. The molecular weight excluding hydrogens is 252 g/mol. The highest BCUT2D eigenvalue weighted by molar-refractivity contribution is 6.30. The van der Waals surface area contributed by atoms with Crippen LogP contribution in [0, 0.1) is 0 Å². The van der Waals surface area contributed by atoms with E-state index >= 15 is 0 Å². The predicted octanol–water partition coefficient (Wildman–Crippen LogP) is 3.82. The van der Waals surface area contributed by atoms with Crippen molar-refractivity contribution in [2.24, 2.45) is 0 Å². The van der Waals surface area contributed by atoms with E-state index in [1.165, 1.54) is 0 Å². The summed E-state index contributed by atoms with van der Waals surface area (Å²) in [6.07, 6.45) is 1.57. The Kier molecular flexibility index (Phi) is 3.89. The van der Waals surface area contributed by atoms with Gasteiger partial charge in [-0.2, -0.15) is 0 Å². The van der Waals surface area contributed by atoms with Gasteiger partial charge in [0.25, 0.3) is 0 Å². The lowest BCUT2D eigenvalue weighted by atomic mass is 10.2. The number of amides is 2. The molecule has 2 N–H and O–H groups in total. The Morgan fingerprint density at radius 2 is 2.17 bits per heavy atom. The fourth-order valence-electron chi connectivity index (χ4n) is 1.54. The second-order valence-corrected chi connectivity index (χ2v) is 4.28. The van der Waals surface area contributed by atoms with Gasteiger partial charge in [0.05, 0.1) is 12.3 Å². The molecular formula is C13H13ClN2O2. The van der Waals surface area contributed by atoms with Crippen LogP contribution in [0.1, 0.15) is 18.7 Å². The zero-order chi connectivity index (χ0) is 13.0. The van der Waals surface area contributed by atoms with Crippen LogP contribution < -0.4 is 10.6 Å². The van der Waals surface area contributed by atoms with Crippen molar-refractivity contribution >= 4 is 23.3 Å². The van der Waals surface area contributed by atoms with Gasteiger partial charge >= 0.3 is 6.03 Å². The summed E-state index contributed by atoms with van der Waals surface area (Å²) < 4.78 is 5.20. The first-order valence-electron chi connectivity index (χ1n) is 5.51. The van der Waals surface area contributed by atoms with E-state index in [2.05, 4.69) is 10.6 Å². The monoisotopic (exact) mass is 264 g/mol. The molecule has 94 valence electrons. The number of urea groups is 1. The summed E-state index contributed by atoms with van der Waals surface area (Å²) in [5.74, 6) is 0.705. The van der Waals surface area contributed by atoms with E-state index in [0.717, 1.165) is 0 Å². The molecule has 4 nitrogen and oxygen atoms in total. The Hall–Kier alpha value is -1.94. The number of halogens is 1. The van der Waals surface area contributed by atoms with Crippen molar-refractivity contribution in [1.82, 2.24) is 5.32 Å². The normalized spacial score (nSPS) is 11.9. The third-order valence-corrected chi connectivity index (χ3v) is 2.64. The number of carbonyl (C=O) groups is 1. The SMILES string of the molecule is CC(NC(=O)Nc1cccc(Cl)c1)c1ccco1. The molecule has 1 aromatic heterocycles. The van der Waals surface area contributed by atoms with E-state index in [0.29, 0.717) is 16.5 Å². The molecule has 0 saturated carbocycles. The Bertz CT molecular complexity index is 526. The van der Waals surface area contributed by atoms with Gasteiger partial charge in [-0.25, -0.2) is 4.79 Å². The van der Waals surface area contributed by atoms with E-state index in [9.17, 15) is 4.79 Å². The van der Waals surface area contributed by atoms with E-state index in [1.54, 1.807) is 36.6 Å². The minimum absolute atomic E-state index is 0.195. The van der Waals surface area contributed by atoms with E-state index in [1.807, 2.05) is 13.0 Å². The molecule has 1 aromatic carbocycles. The van der Waals surface area contributed by atoms with Gasteiger partial charge in [0, 0.05) is 10.7 Å². The van der Waals surface area contributed by atoms with Crippen LogP contribution in [-0.4, -0.2) is 6.03 Å². The average molecular weight is 265 g/mol. The maximum atomic E-state index is 11.7. The average Bonchev–Trinajstić information content (AvgIpc) is 2.81. The van der Waals surface area contributed by atoms with Crippen LogP contribution >= 0.6 is 11.6 Å². The van der Waals surface area contributed by atoms with Crippen molar-refractivity contribution in [3.05, 3.63) is 53.4 Å². The first-order chi connectivity index (χ1) is 8.65. The Morgan fingerprint density at radius 1 is 1.33 bits per heavy atom. The highest BCUT2D eigenvalue weighted by Gasteiger charge is 2.11. The van der Waals surface area contributed by atoms with Crippen LogP contribution in [0.15, 0.2) is 47.1 Å². The van der Waals surface area contributed by atoms with Crippen LogP contribution in [0.2, 0.25) is 5.02 Å². The Labute approximate surface area is 110 Å². The van der Waals surface area contributed by atoms with Crippen LogP contribution in [0.3, 0.4) is 0 Å². The molecule has 2 amide bonds. The van der Waals surface area contributed by atoms with Crippen molar-refractivity contribution in [3.8, 4) is 0 Å². The summed E-state index contributed by atoms with van der Waals surface area (Å²) in [7, 11) is 0. The fraction of sp³-hybridized carbons (Fsp3) is 0.154. The van der Waals surface area contributed by atoms with Crippen molar-refractivity contribution in [1.29, 1.82) is 0 Å². The van der Waals surface area contributed by atoms with Gasteiger partial charge in [0.2, 0.25) is 0 Å². The summed E-state index contributed by atoms with van der Waals surface area (Å²) in [6.45, 7) is 1.84. The standard InChI is InChI=1S/C13H13ClN2O2/c1-9(12-6-3-7-18-12)15-13(17)16-11-5-2-4-10(14)8-11/h2-9H,1H3,(H2,15,16,17). The second kappa shape index (κ2) is 5.60. The zero-order valence-corrected chi connectivity index (χ0v) is 10.6. The van der Waals surface area contributed by atoms with Crippen molar-refractivity contribution < 1.29 is 9.21 Å². The van der Waals surface area contributed by atoms with E-state index < -0.39 is 0 Å². The zero-order valence-electron chi connectivity index (χ0n) is 9.81. The molecule has 0 fully saturated rings. The van der Waals surface area contributed by atoms with Crippen molar-refractivity contribution in [3.63, 3.8) is 0 Å². The number of hydrogen-bond acceptors (Lipinski definition) is 2. The molecule has 0 radical (unpaired) electrons. The lowest BCUT2D eigenvalue weighted by Gasteiger charge is -2.12. The number of anilines is 1. The van der Waals surface area contributed by atoms with Crippen molar-refractivity contribution in [2.75, 3.05) is 5.32 Å². The number of rotatable bonds is 3. The highest BCUT2D eigenvalue weighted by Crippen LogP contribution is 2.16. The molecule has 18 heavy (non-hydrogen) atoms. The molecule has 1 unspecified atom stereocenters. The fourth-order valence-corrected chi connectivity index (χ4v) is 1.73. The largest absolute Gasteiger partial charge is 0.467 e. The summed E-state index contributed by atoms with van der Waals surface area (Å²) in [4.78, 5) is 11.7. The smallest absolute Gasteiger partial charge is 0.319 e. The lowest BCUT2D eigenvalue weighted by Crippen LogP contribution is -2.30. The summed E-state index contributed by atoms with van der Waals surface area (Å²) >= 11 is 5.83. The summed E-state index contributed by atoms with van der Waals surface area (Å²) in [5.41, 5.74) is 0.645. The third kappa shape index (κ3) is 3.28. The maximum Gasteiger partial charge on any atom is 0.319 e. The molecule has 0 aliphatic carbocycles. The Morgan fingerprint density at radius 3 is 2.83 bits per heavy atom. The third-order valence-electron chi connectivity index (χ3n) is 2.40. The summed E-state index contributed by atoms with van der Waals surface area (Å²) in [5, 5.41) is 6.04. The Balaban J connectivity index is 1.93. The molecule has 1 heterocycles. The number of hydrogen-bond donors (Lipinski definition) is 2. The minimum Gasteiger partial charge on any atom is -0.467 e. The summed E-state index contributed by atoms with van der Waals surface area (Å²) in [6, 6.07) is 10.1. The number of benzene rings is 1. The molecule has 1 atom stereocenters. The van der Waals surface area contributed by atoms with Crippen LogP contribution in [-0.2, 0) is 0 Å². The molecule has 0 aliphatic heterocycles. The molecule has 0 saturated heterocycles.